The maximum atomic E-state index is 4.85. The van der Waals surface area contributed by atoms with Crippen LogP contribution in [0.25, 0.3) is 0 Å². The summed E-state index contributed by atoms with van der Waals surface area (Å²) in [7, 11) is 0. The summed E-state index contributed by atoms with van der Waals surface area (Å²) < 4.78 is 0. The highest BCUT2D eigenvalue weighted by atomic mass is 32.1. The molecule has 0 radical (unpaired) electrons. The van der Waals surface area contributed by atoms with Crippen LogP contribution in [0.3, 0.4) is 0 Å². The van der Waals surface area contributed by atoms with E-state index in [-0.39, 0.29) is 0 Å². The van der Waals surface area contributed by atoms with Crippen molar-refractivity contribution < 1.29 is 0 Å². The van der Waals surface area contributed by atoms with E-state index in [1.54, 1.807) is 5.49 Å². The van der Waals surface area contributed by atoms with Crippen LogP contribution >= 0.6 is 12.2 Å². The van der Waals surface area contributed by atoms with E-state index in [9.17, 15) is 0 Å². The first kappa shape index (κ1) is 9.89. The van der Waals surface area contributed by atoms with Gasteiger partial charge >= 0.3 is 0 Å². The van der Waals surface area contributed by atoms with Crippen LogP contribution in [0, 0.1) is 0 Å². The normalized spacial score (nSPS) is 9.40. The van der Waals surface area contributed by atoms with Gasteiger partial charge in [-0.15, -0.1) is 0 Å². The summed E-state index contributed by atoms with van der Waals surface area (Å²) in [6.07, 6.45) is 3.70. The third-order valence-electron chi connectivity index (χ3n) is 1.46. The van der Waals surface area contributed by atoms with Crippen LogP contribution < -0.4 is 0 Å². The maximum absolute atomic E-state index is 4.85. The second-order valence-corrected chi connectivity index (χ2v) is 2.71. The van der Waals surface area contributed by atoms with Crippen molar-refractivity contribution in [1.82, 2.24) is 4.90 Å². The lowest BCUT2D eigenvalue weighted by molar-refractivity contribution is 0.423. The minimum Gasteiger partial charge on any atom is -0.369 e. The van der Waals surface area contributed by atoms with E-state index < -0.39 is 0 Å². The van der Waals surface area contributed by atoms with E-state index in [2.05, 4.69) is 18.7 Å². The Hall–Kier alpha value is -0.110. The van der Waals surface area contributed by atoms with E-state index in [1.165, 1.54) is 19.3 Å². The lowest BCUT2D eigenvalue weighted by atomic mass is 10.3. The van der Waals surface area contributed by atoms with Crippen LogP contribution in [0.4, 0.5) is 0 Å². The molecule has 0 aliphatic heterocycles. The molecule has 0 aromatic carbocycles. The molecular weight excluding hydrogens is 142 g/mol. The van der Waals surface area contributed by atoms with E-state index in [4.69, 9.17) is 12.2 Å². The minimum atomic E-state index is 1.11. The van der Waals surface area contributed by atoms with Crippen LogP contribution in [-0.2, 0) is 0 Å². The van der Waals surface area contributed by atoms with Gasteiger partial charge in [0.2, 0.25) is 0 Å². The van der Waals surface area contributed by atoms with Crippen LogP contribution in [0.5, 0.6) is 0 Å². The Morgan fingerprint density at radius 1 is 1.20 bits per heavy atom. The molecular formula is C8H17NS. The standard InChI is InChI=1S/C8H17NS/c1-3-5-7-9(8-10)6-4-2/h8H,3-7H2,1-2H3. The molecule has 0 amide bonds. The second kappa shape index (κ2) is 7.00. The van der Waals surface area contributed by atoms with Crippen molar-refractivity contribution in [2.24, 2.45) is 0 Å². The van der Waals surface area contributed by atoms with Gasteiger partial charge in [-0.3, -0.25) is 0 Å². The van der Waals surface area contributed by atoms with Gasteiger partial charge in [-0.1, -0.05) is 32.5 Å². The van der Waals surface area contributed by atoms with Gasteiger partial charge in [0.05, 0.1) is 5.49 Å². The average molecular weight is 159 g/mol. The molecule has 0 saturated carbocycles. The van der Waals surface area contributed by atoms with Crippen molar-refractivity contribution in [1.29, 1.82) is 0 Å². The van der Waals surface area contributed by atoms with Gasteiger partial charge in [0, 0.05) is 13.1 Å². The fraction of sp³-hybridized carbons (Fsp3) is 0.875. The van der Waals surface area contributed by atoms with Gasteiger partial charge in [-0.25, -0.2) is 0 Å². The number of nitrogens with zero attached hydrogens (tertiary/aromatic N) is 1. The third kappa shape index (κ3) is 4.74. The fourth-order valence-corrected chi connectivity index (χ4v) is 1.08. The highest BCUT2D eigenvalue weighted by Gasteiger charge is 1.94. The summed E-state index contributed by atoms with van der Waals surface area (Å²) in [6, 6.07) is 0. The molecule has 0 bridgehead atoms. The molecule has 0 unspecified atom stereocenters. The molecule has 10 heavy (non-hydrogen) atoms. The number of unbranched alkanes of at least 4 members (excludes halogenated alkanes) is 1. The molecule has 60 valence electrons. The first-order valence-corrected chi connectivity index (χ1v) is 4.51. The molecule has 0 aliphatic carbocycles. The van der Waals surface area contributed by atoms with E-state index in [0.29, 0.717) is 0 Å². The average Bonchev–Trinajstić information content (AvgIpc) is 1.98. The monoisotopic (exact) mass is 159 g/mol. The number of hydrogen-bond donors (Lipinski definition) is 0. The third-order valence-corrected chi connectivity index (χ3v) is 1.76. The van der Waals surface area contributed by atoms with Crippen LogP contribution in [0.15, 0.2) is 0 Å². The molecule has 0 saturated heterocycles. The largest absolute Gasteiger partial charge is 0.369 e. The summed E-state index contributed by atoms with van der Waals surface area (Å²) in [5.41, 5.74) is 1.78. The molecule has 0 aliphatic rings. The maximum Gasteiger partial charge on any atom is 0.0640 e. The summed E-state index contributed by atoms with van der Waals surface area (Å²) in [4.78, 5) is 2.21. The van der Waals surface area contributed by atoms with Crippen molar-refractivity contribution in [3.63, 3.8) is 0 Å². The molecule has 1 nitrogen and oxygen atoms in total. The van der Waals surface area contributed by atoms with Crippen molar-refractivity contribution in [3.8, 4) is 0 Å². The zero-order valence-electron chi connectivity index (χ0n) is 6.97. The molecule has 0 heterocycles. The quantitative estimate of drug-likeness (QED) is 0.548. The van der Waals surface area contributed by atoms with Gasteiger partial charge in [0.15, 0.2) is 0 Å². The van der Waals surface area contributed by atoms with Gasteiger partial charge in [0.1, 0.15) is 0 Å². The molecule has 0 spiro atoms. The number of hydrogen-bond acceptors (Lipinski definition) is 1. The zero-order valence-corrected chi connectivity index (χ0v) is 7.78. The Balaban J connectivity index is 3.29. The van der Waals surface area contributed by atoms with Gasteiger partial charge in [-0.2, -0.15) is 0 Å². The van der Waals surface area contributed by atoms with Crippen molar-refractivity contribution in [2.75, 3.05) is 13.1 Å². The number of rotatable bonds is 6. The van der Waals surface area contributed by atoms with Crippen LogP contribution in [0.2, 0.25) is 0 Å². The van der Waals surface area contributed by atoms with Crippen molar-refractivity contribution in [2.45, 2.75) is 33.1 Å². The molecule has 2 heteroatoms. The summed E-state index contributed by atoms with van der Waals surface area (Å²) in [6.45, 7) is 6.63. The number of thiocarbonyl (C=S) groups is 1. The topological polar surface area (TPSA) is 3.24 Å². The predicted octanol–water partition coefficient (Wildman–Crippen LogP) is 2.46. The van der Waals surface area contributed by atoms with Crippen molar-refractivity contribution >= 4 is 17.7 Å². The Bertz CT molecular complexity index is 83.3. The Morgan fingerprint density at radius 2 is 1.90 bits per heavy atom. The smallest absolute Gasteiger partial charge is 0.0640 e. The fourth-order valence-electron chi connectivity index (χ4n) is 0.866. The summed E-state index contributed by atoms with van der Waals surface area (Å²) >= 11 is 4.85. The van der Waals surface area contributed by atoms with Crippen LogP contribution in [-0.4, -0.2) is 23.5 Å². The molecule has 0 fully saturated rings. The lowest BCUT2D eigenvalue weighted by Gasteiger charge is -2.16. The van der Waals surface area contributed by atoms with E-state index in [0.717, 1.165) is 13.1 Å². The zero-order chi connectivity index (χ0) is 7.82. The first-order valence-electron chi connectivity index (χ1n) is 4.04. The second-order valence-electron chi connectivity index (χ2n) is 2.49. The SMILES string of the molecule is CCCCN(C=S)CCC. The molecule has 0 aromatic heterocycles. The van der Waals surface area contributed by atoms with Crippen LogP contribution in [0.1, 0.15) is 33.1 Å². The first-order chi connectivity index (χ1) is 4.85. The highest BCUT2D eigenvalue weighted by Crippen LogP contribution is 1.93. The Kier molecular flexibility index (Phi) is 6.93. The van der Waals surface area contributed by atoms with Crippen molar-refractivity contribution in [3.05, 3.63) is 0 Å². The van der Waals surface area contributed by atoms with E-state index in [1.807, 2.05) is 0 Å². The van der Waals surface area contributed by atoms with Gasteiger partial charge in [0.25, 0.3) is 0 Å². The Labute approximate surface area is 69.4 Å². The van der Waals surface area contributed by atoms with Gasteiger partial charge < -0.3 is 4.90 Å². The molecule has 0 rings (SSSR count). The molecule has 0 aromatic rings. The summed E-state index contributed by atoms with van der Waals surface area (Å²) in [5, 5.41) is 0. The van der Waals surface area contributed by atoms with E-state index >= 15 is 0 Å². The minimum absolute atomic E-state index is 1.11. The highest BCUT2D eigenvalue weighted by molar-refractivity contribution is 7.78. The Morgan fingerprint density at radius 3 is 2.30 bits per heavy atom. The summed E-state index contributed by atoms with van der Waals surface area (Å²) in [5.74, 6) is 0. The van der Waals surface area contributed by atoms with Gasteiger partial charge in [-0.05, 0) is 12.8 Å². The molecule has 0 atom stereocenters. The lowest BCUT2D eigenvalue weighted by Crippen LogP contribution is -2.22. The molecule has 0 N–H and O–H groups in total. The predicted molar refractivity (Wildman–Crippen MR) is 50.4 cm³/mol.